The fraction of sp³-hybridized carbons (Fsp3) is 0.538. The Morgan fingerprint density at radius 1 is 1.35 bits per heavy atom. The van der Waals surface area contributed by atoms with E-state index in [-0.39, 0.29) is 6.10 Å². The highest BCUT2D eigenvalue weighted by molar-refractivity contribution is 5.18. The van der Waals surface area contributed by atoms with Gasteiger partial charge in [-0.05, 0) is 31.9 Å². The van der Waals surface area contributed by atoms with Crippen molar-refractivity contribution in [2.75, 3.05) is 13.6 Å². The molecule has 0 spiro atoms. The standard InChI is InChI=1S/C13H17F2NO/c1-16(7-9-4-12(17)5-9)8-10-2-3-11(14)6-13(10)15/h2-3,6,9,12,17H,4-5,7-8H2,1H3. The Balaban J connectivity index is 1.87. The van der Waals surface area contributed by atoms with Crippen molar-refractivity contribution in [2.24, 2.45) is 5.92 Å². The average Bonchev–Trinajstić information content (AvgIpc) is 2.20. The van der Waals surface area contributed by atoms with Crippen molar-refractivity contribution in [3.63, 3.8) is 0 Å². The summed E-state index contributed by atoms with van der Waals surface area (Å²) >= 11 is 0. The zero-order valence-corrected chi connectivity index (χ0v) is 9.87. The van der Waals surface area contributed by atoms with E-state index < -0.39 is 11.6 Å². The highest BCUT2D eigenvalue weighted by atomic mass is 19.1. The lowest BCUT2D eigenvalue weighted by atomic mass is 9.82. The van der Waals surface area contributed by atoms with Crippen LogP contribution in [-0.4, -0.2) is 29.7 Å². The van der Waals surface area contributed by atoms with Gasteiger partial charge in [0.15, 0.2) is 0 Å². The minimum atomic E-state index is -0.545. The summed E-state index contributed by atoms with van der Waals surface area (Å²) in [5, 5.41) is 9.18. The van der Waals surface area contributed by atoms with E-state index in [4.69, 9.17) is 0 Å². The van der Waals surface area contributed by atoms with Gasteiger partial charge in [0, 0.05) is 24.7 Å². The molecule has 2 rings (SSSR count). The van der Waals surface area contributed by atoms with E-state index >= 15 is 0 Å². The minimum Gasteiger partial charge on any atom is -0.393 e. The van der Waals surface area contributed by atoms with Crippen molar-refractivity contribution >= 4 is 0 Å². The van der Waals surface area contributed by atoms with Crippen LogP contribution in [-0.2, 0) is 6.54 Å². The van der Waals surface area contributed by atoms with E-state index in [0.29, 0.717) is 18.0 Å². The molecule has 1 aliphatic carbocycles. The maximum atomic E-state index is 13.4. The molecule has 1 N–H and O–H groups in total. The Morgan fingerprint density at radius 2 is 2.06 bits per heavy atom. The zero-order valence-electron chi connectivity index (χ0n) is 9.87. The molecule has 0 amide bonds. The summed E-state index contributed by atoms with van der Waals surface area (Å²) in [6.07, 6.45) is 1.50. The second-order valence-corrected chi connectivity index (χ2v) is 4.92. The van der Waals surface area contributed by atoms with Crippen LogP contribution in [0.3, 0.4) is 0 Å². The molecule has 0 radical (unpaired) electrons. The number of hydrogen-bond acceptors (Lipinski definition) is 2. The second-order valence-electron chi connectivity index (χ2n) is 4.92. The molecule has 0 saturated heterocycles. The number of benzene rings is 1. The molecule has 0 bridgehead atoms. The third-order valence-corrected chi connectivity index (χ3v) is 3.24. The number of hydrogen-bond donors (Lipinski definition) is 1. The highest BCUT2D eigenvalue weighted by Crippen LogP contribution is 2.28. The molecule has 0 unspecified atom stereocenters. The lowest BCUT2D eigenvalue weighted by molar-refractivity contribution is 0.0272. The normalized spacial score (nSPS) is 23.8. The predicted octanol–water partition coefficient (Wildman–Crippen LogP) is 2.17. The van der Waals surface area contributed by atoms with Crippen LogP contribution in [0.1, 0.15) is 18.4 Å². The summed E-state index contributed by atoms with van der Waals surface area (Å²) in [5.74, 6) is -0.542. The lowest BCUT2D eigenvalue weighted by Crippen LogP contribution is -2.36. The fourth-order valence-corrected chi connectivity index (χ4v) is 2.30. The van der Waals surface area contributed by atoms with Gasteiger partial charge in [0.1, 0.15) is 11.6 Å². The van der Waals surface area contributed by atoms with Crippen molar-refractivity contribution in [3.8, 4) is 0 Å². The Hall–Kier alpha value is -1.00. The predicted molar refractivity (Wildman–Crippen MR) is 61.4 cm³/mol. The first-order valence-electron chi connectivity index (χ1n) is 5.85. The summed E-state index contributed by atoms with van der Waals surface area (Å²) in [5.41, 5.74) is 0.508. The smallest absolute Gasteiger partial charge is 0.130 e. The van der Waals surface area contributed by atoms with Crippen LogP contribution in [0, 0.1) is 17.6 Å². The monoisotopic (exact) mass is 241 g/mol. The largest absolute Gasteiger partial charge is 0.393 e. The summed E-state index contributed by atoms with van der Waals surface area (Å²) in [4.78, 5) is 2.01. The molecular formula is C13H17F2NO. The van der Waals surface area contributed by atoms with Gasteiger partial charge in [-0.2, -0.15) is 0 Å². The molecule has 94 valence electrons. The molecule has 1 fully saturated rings. The van der Waals surface area contributed by atoms with Gasteiger partial charge in [-0.25, -0.2) is 8.78 Å². The topological polar surface area (TPSA) is 23.5 Å². The van der Waals surface area contributed by atoms with Gasteiger partial charge in [-0.15, -0.1) is 0 Å². The van der Waals surface area contributed by atoms with Crippen molar-refractivity contribution in [1.29, 1.82) is 0 Å². The molecule has 0 atom stereocenters. The summed E-state index contributed by atoms with van der Waals surface area (Å²) in [7, 11) is 1.91. The van der Waals surface area contributed by atoms with Crippen LogP contribution in [0.5, 0.6) is 0 Å². The Bertz CT molecular complexity index is 391. The van der Waals surface area contributed by atoms with E-state index in [9.17, 15) is 13.9 Å². The maximum Gasteiger partial charge on any atom is 0.130 e. The van der Waals surface area contributed by atoms with Crippen LogP contribution in [0.4, 0.5) is 8.78 Å². The first-order valence-corrected chi connectivity index (χ1v) is 5.85. The molecule has 4 heteroatoms. The molecule has 1 aliphatic rings. The Kier molecular flexibility index (Phi) is 3.74. The SMILES string of the molecule is CN(Cc1ccc(F)cc1F)CC1CC(O)C1. The number of nitrogens with zero attached hydrogens (tertiary/aromatic N) is 1. The summed E-state index contributed by atoms with van der Waals surface area (Å²) in [6.45, 7) is 1.31. The average molecular weight is 241 g/mol. The molecule has 0 aromatic heterocycles. The highest BCUT2D eigenvalue weighted by Gasteiger charge is 2.27. The third-order valence-electron chi connectivity index (χ3n) is 3.24. The first kappa shape index (κ1) is 12.5. The third kappa shape index (κ3) is 3.23. The van der Waals surface area contributed by atoms with Gasteiger partial charge in [0.05, 0.1) is 6.10 Å². The van der Waals surface area contributed by atoms with E-state index in [1.807, 2.05) is 11.9 Å². The van der Waals surface area contributed by atoms with Crippen LogP contribution in [0.2, 0.25) is 0 Å². The van der Waals surface area contributed by atoms with Crippen molar-refractivity contribution < 1.29 is 13.9 Å². The first-order chi connectivity index (χ1) is 8.04. The maximum absolute atomic E-state index is 13.4. The van der Waals surface area contributed by atoms with Crippen LogP contribution in [0.15, 0.2) is 18.2 Å². The van der Waals surface area contributed by atoms with Crippen LogP contribution >= 0.6 is 0 Å². The van der Waals surface area contributed by atoms with E-state index in [1.54, 1.807) is 0 Å². The van der Waals surface area contributed by atoms with Gasteiger partial charge < -0.3 is 10.0 Å². The van der Waals surface area contributed by atoms with Gasteiger partial charge >= 0.3 is 0 Å². The van der Waals surface area contributed by atoms with Gasteiger partial charge in [0.25, 0.3) is 0 Å². The van der Waals surface area contributed by atoms with Crippen molar-refractivity contribution in [3.05, 3.63) is 35.4 Å². The number of aliphatic hydroxyl groups is 1. The molecule has 1 aromatic carbocycles. The lowest BCUT2D eigenvalue weighted by Gasteiger charge is -2.34. The molecule has 1 saturated carbocycles. The Labute approximate surface area is 99.9 Å². The molecule has 0 aliphatic heterocycles. The molecule has 17 heavy (non-hydrogen) atoms. The molecule has 2 nitrogen and oxygen atoms in total. The second kappa shape index (κ2) is 5.10. The van der Waals surface area contributed by atoms with Gasteiger partial charge in [-0.1, -0.05) is 6.07 Å². The van der Waals surface area contributed by atoms with E-state index in [1.165, 1.54) is 12.1 Å². The number of rotatable bonds is 4. The van der Waals surface area contributed by atoms with E-state index in [0.717, 1.165) is 25.5 Å². The quantitative estimate of drug-likeness (QED) is 0.873. The fourth-order valence-electron chi connectivity index (χ4n) is 2.30. The summed E-state index contributed by atoms with van der Waals surface area (Å²) < 4.78 is 26.1. The van der Waals surface area contributed by atoms with E-state index in [2.05, 4.69) is 0 Å². The Morgan fingerprint density at radius 3 is 2.65 bits per heavy atom. The minimum absolute atomic E-state index is 0.157. The molecular weight excluding hydrogens is 224 g/mol. The molecule has 0 heterocycles. The van der Waals surface area contributed by atoms with Crippen LogP contribution < -0.4 is 0 Å². The summed E-state index contributed by atoms with van der Waals surface area (Å²) in [6, 6.07) is 3.67. The van der Waals surface area contributed by atoms with Gasteiger partial charge in [0.2, 0.25) is 0 Å². The van der Waals surface area contributed by atoms with Gasteiger partial charge in [-0.3, -0.25) is 0 Å². The van der Waals surface area contributed by atoms with Crippen molar-refractivity contribution in [2.45, 2.75) is 25.5 Å². The number of aliphatic hydroxyl groups excluding tert-OH is 1. The van der Waals surface area contributed by atoms with Crippen molar-refractivity contribution in [1.82, 2.24) is 4.90 Å². The zero-order chi connectivity index (χ0) is 12.4. The van der Waals surface area contributed by atoms with Crippen LogP contribution in [0.25, 0.3) is 0 Å². The molecule has 1 aromatic rings. The number of halogens is 2.